The maximum atomic E-state index is 12.3. The Balaban J connectivity index is 1.72. The molecule has 9 heteroatoms. The maximum Gasteiger partial charge on any atom is 0.338 e. The number of carbonyl (C=O) groups excluding carboxylic acids is 1. The van der Waals surface area contributed by atoms with Gasteiger partial charge in [0.2, 0.25) is 5.82 Å². The van der Waals surface area contributed by atoms with Gasteiger partial charge in [0.15, 0.2) is 6.61 Å². The topological polar surface area (TPSA) is 112 Å². The van der Waals surface area contributed by atoms with Gasteiger partial charge in [-0.25, -0.2) is 4.79 Å². The first-order valence-electron chi connectivity index (χ1n) is 8.38. The molecule has 0 saturated carbocycles. The number of benzene rings is 2. The fraction of sp³-hybridized carbons (Fsp3) is 0.211. The molecule has 0 unspecified atom stereocenters. The van der Waals surface area contributed by atoms with Crippen LogP contribution >= 0.6 is 0 Å². The van der Waals surface area contributed by atoms with Crippen LogP contribution in [0.25, 0.3) is 11.4 Å². The van der Waals surface area contributed by atoms with Crippen LogP contribution in [0.2, 0.25) is 0 Å². The summed E-state index contributed by atoms with van der Waals surface area (Å²) in [5.41, 5.74) is 2.08. The van der Waals surface area contributed by atoms with E-state index in [1.165, 1.54) is 18.2 Å². The molecule has 144 valence electrons. The van der Waals surface area contributed by atoms with Crippen molar-refractivity contribution in [1.29, 1.82) is 0 Å². The van der Waals surface area contributed by atoms with Gasteiger partial charge >= 0.3 is 5.97 Å². The number of nitro benzene ring substituents is 1. The van der Waals surface area contributed by atoms with Crippen molar-refractivity contribution in [3.8, 4) is 11.4 Å². The highest BCUT2D eigenvalue weighted by Crippen LogP contribution is 2.28. The highest BCUT2D eigenvalue weighted by Gasteiger charge is 2.20. The second kappa shape index (κ2) is 7.87. The first-order chi connectivity index (χ1) is 13.4. The van der Waals surface area contributed by atoms with E-state index in [-0.39, 0.29) is 23.7 Å². The van der Waals surface area contributed by atoms with Gasteiger partial charge in [0.1, 0.15) is 5.69 Å². The molecule has 0 amide bonds. The molecule has 0 saturated heterocycles. The molecular weight excluding hydrogens is 364 g/mol. The molecule has 1 heterocycles. The third-order valence-electron chi connectivity index (χ3n) is 4.07. The van der Waals surface area contributed by atoms with Crippen LogP contribution in [0.3, 0.4) is 0 Å². The number of aryl methyl sites for hydroxylation is 1. The molecule has 1 aromatic heterocycles. The van der Waals surface area contributed by atoms with E-state index in [1.54, 1.807) is 19.0 Å². The zero-order valence-electron chi connectivity index (χ0n) is 15.6. The van der Waals surface area contributed by atoms with Gasteiger partial charge in [-0.05, 0) is 24.6 Å². The second-order valence-corrected chi connectivity index (χ2v) is 6.26. The molecule has 0 fully saturated rings. The van der Waals surface area contributed by atoms with Crippen molar-refractivity contribution in [3.05, 3.63) is 69.6 Å². The molecule has 0 spiro atoms. The smallest absolute Gasteiger partial charge is 0.338 e. The van der Waals surface area contributed by atoms with Crippen LogP contribution in [0.5, 0.6) is 0 Å². The minimum Gasteiger partial charge on any atom is -0.452 e. The Morgan fingerprint density at radius 1 is 1.25 bits per heavy atom. The van der Waals surface area contributed by atoms with Crippen LogP contribution in [0.15, 0.2) is 47.0 Å². The predicted octanol–water partition coefficient (Wildman–Crippen LogP) is 3.38. The van der Waals surface area contributed by atoms with E-state index in [9.17, 15) is 14.9 Å². The van der Waals surface area contributed by atoms with E-state index in [0.29, 0.717) is 11.5 Å². The summed E-state index contributed by atoms with van der Waals surface area (Å²) in [6.45, 7) is 1.69. The van der Waals surface area contributed by atoms with Crippen molar-refractivity contribution < 1.29 is 19.0 Å². The Kier molecular flexibility index (Phi) is 5.35. The Morgan fingerprint density at radius 3 is 2.68 bits per heavy atom. The summed E-state index contributed by atoms with van der Waals surface area (Å²) in [7, 11) is 3.36. The van der Waals surface area contributed by atoms with Crippen molar-refractivity contribution in [1.82, 2.24) is 10.1 Å². The van der Waals surface area contributed by atoms with Crippen molar-refractivity contribution >= 4 is 17.3 Å². The molecule has 0 radical (unpaired) electrons. The number of esters is 1. The van der Waals surface area contributed by atoms with Crippen LogP contribution in [0.1, 0.15) is 21.8 Å². The molecule has 9 nitrogen and oxygen atoms in total. The average Bonchev–Trinajstić information content (AvgIpc) is 3.14. The maximum absolute atomic E-state index is 12.3. The number of hydrogen-bond acceptors (Lipinski definition) is 8. The van der Waals surface area contributed by atoms with E-state index in [4.69, 9.17) is 9.26 Å². The molecule has 0 N–H and O–H groups in total. The van der Waals surface area contributed by atoms with E-state index in [0.717, 1.165) is 11.1 Å². The van der Waals surface area contributed by atoms with Crippen LogP contribution in [-0.2, 0) is 11.3 Å². The van der Waals surface area contributed by atoms with Crippen LogP contribution in [-0.4, -0.2) is 35.1 Å². The largest absolute Gasteiger partial charge is 0.452 e. The average molecular weight is 382 g/mol. The highest BCUT2D eigenvalue weighted by molar-refractivity contribution is 5.91. The lowest BCUT2D eigenvalue weighted by Gasteiger charge is -2.13. The summed E-state index contributed by atoms with van der Waals surface area (Å²) in [5, 5.41) is 15.1. The third-order valence-corrected chi connectivity index (χ3v) is 4.07. The molecule has 0 aliphatic carbocycles. The molecule has 0 aliphatic rings. The summed E-state index contributed by atoms with van der Waals surface area (Å²) in [6.07, 6.45) is 0. The lowest BCUT2D eigenvalue weighted by Crippen LogP contribution is -2.12. The molecule has 28 heavy (non-hydrogen) atoms. The van der Waals surface area contributed by atoms with Gasteiger partial charge in [-0.3, -0.25) is 10.1 Å². The molecular formula is C19H18N4O5. The van der Waals surface area contributed by atoms with E-state index in [1.807, 2.05) is 31.2 Å². The van der Waals surface area contributed by atoms with Gasteiger partial charge in [-0.1, -0.05) is 29.4 Å². The Hall–Kier alpha value is -3.75. The van der Waals surface area contributed by atoms with Gasteiger partial charge in [-0.2, -0.15) is 4.98 Å². The summed E-state index contributed by atoms with van der Waals surface area (Å²) < 4.78 is 10.3. The minimum absolute atomic E-state index is 0.0657. The van der Waals surface area contributed by atoms with Crippen LogP contribution < -0.4 is 4.90 Å². The lowest BCUT2D eigenvalue weighted by molar-refractivity contribution is -0.384. The minimum atomic E-state index is -0.718. The van der Waals surface area contributed by atoms with E-state index in [2.05, 4.69) is 10.1 Å². The van der Waals surface area contributed by atoms with Crippen LogP contribution in [0, 0.1) is 17.0 Å². The fourth-order valence-corrected chi connectivity index (χ4v) is 2.63. The Labute approximate surface area is 160 Å². The molecule has 0 atom stereocenters. The van der Waals surface area contributed by atoms with E-state index < -0.39 is 10.9 Å². The predicted molar refractivity (Wildman–Crippen MR) is 101 cm³/mol. The molecule has 3 aromatic rings. The quantitative estimate of drug-likeness (QED) is 0.362. The molecule has 0 bridgehead atoms. The van der Waals surface area contributed by atoms with Gasteiger partial charge < -0.3 is 14.2 Å². The van der Waals surface area contributed by atoms with Gasteiger partial charge in [0.05, 0.1) is 10.5 Å². The first kappa shape index (κ1) is 19.0. The normalized spacial score (nSPS) is 10.5. The number of ether oxygens (including phenoxy) is 1. The first-order valence-corrected chi connectivity index (χ1v) is 8.38. The molecule has 2 aromatic carbocycles. The summed E-state index contributed by atoms with van der Waals surface area (Å²) in [4.78, 5) is 28.8. The van der Waals surface area contributed by atoms with Gasteiger partial charge in [0.25, 0.3) is 11.6 Å². The highest BCUT2D eigenvalue weighted by atomic mass is 16.6. The fourth-order valence-electron chi connectivity index (χ4n) is 2.63. The number of carbonyl (C=O) groups is 1. The zero-order chi connectivity index (χ0) is 20.3. The number of hydrogen-bond donors (Lipinski definition) is 0. The van der Waals surface area contributed by atoms with Crippen molar-refractivity contribution in [2.75, 3.05) is 19.0 Å². The zero-order valence-corrected chi connectivity index (χ0v) is 15.6. The summed E-state index contributed by atoms with van der Waals surface area (Å²) >= 11 is 0. The summed E-state index contributed by atoms with van der Waals surface area (Å²) in [6, 6.07) is 11.7. The summed E-state index contributed by atoms with van der Waals surface area (Å²) in [5.74, 6) is -0.190. The Bertz CT molecular complexity index is 1030. The second-order valence-electron chi connectivity index (χ2n) is 6.26. The number of nitro groups is 1. The van der Waals surface area contributed by atoms with Crippen molar-refractivity contribution in [2.24, 2.45) is 0 Å². The number of aromatic nitrogens is 2. The number of anilines is 1. The number of nitrogens with zero attached hydrogens (tertiary/aromatic N) is 4. The molecule has 0 aliphatic heterocycles. The molecule has 3 rings (SSSR count). The monoisotopic (exact) mass is 382 g/mol. The van der Waals surface area contributed by atoms with Gasteiger partial charge in [0, 0.05) is 25.7 Å². The van der Waals surface area contributed by atoms with Crippen LogP contribution in [0.4, 0.5) is 11.4 Å². The number of rotatable bonds is 6. The Morgan fingerprint density at radius 2 is 2.00 bits per heavy atom. The van der Waals surface area contributed by atoms with E-state index >= 15 is 0 Å². The van der Waals surface area contributed by atoms with Crippen molar-refractivity contribution in [3.63, 3.8) is 0 Å². The van der Waals surface area contributed by atoms with Gasteiger partial charge in [-0.15, -0.1) is 0 Å². The standard InChI is InChI=1S/C19H18N4O5/c1-12-6-4-5-7-14(12)18-20-17(28-21-18)11-27-19(24)13-8-9-15(22(2)3)16(10-13)23(25)26/h4-10H,11H2,1-3H3. The van der Waals surface area contributed by atoms with Crippen molar-refractivity contribution in [2.45, 2.75) is 13.5 Å². The third kappa shape index (κ3) is 3.98. The lowest BCUT2D eigenvalue weighted by atomic mass is 10.1. The SMILES string of the molecule is Cc1ccccc1-c1noc(COC(=O)c2ccc(N(C)C)c([N+](=O)[O-])c2)n1.